The molecule has 0 aromatic carbocycles. The van der Waals surface area contributed by atoms with Gasteiger partial charge in [-0.05, 0) is 19.7 Å². The van der Waals surface area contributed by atoms with Crippen molar-refractivity contribution < 1.29 is 39.8 Å². The lowest BCUT2D eigenvalue weighted by molar-refractivity contribution is -0.265. The van der Waals surface area contributed by atoms with Crippen LogP contribution in [0.3, 0.4) is 0 Å². The van der Waals surface area contributed by atoms with Gasteiger partial charge in [0.25, 0.3) is 0 Å². The van der Waals surface area contributed by atoms with Crippen LogP contribution < -0.4 is 5.11 Å². The van der Waals surface area contributed by atoms with Gasteiger partial charge in [-0.1, -0.05) is 0 Å². The molecule has 116 valence electrons. The topological polar surface area (TPSA) is 152 Å². The number of nitrogens with zero attached hydrogens (tertiary/aromatic N) is 1. The summed E-state index contributed by atoms with van der Waals surface area (Å²) in [6.45, 7) is 1.76. The molecule has 1 rings (SSSR count). The van der Waals surface area contributed by atoms with Crippen LogP contribution in [0.2, 0.25) is 0 Å². The molecule has 9 heteroatoms. The van der Waals surface area contributed by atoms with E-state index in [2.05, 4.69) is 4.99 Å². The monoisotopic (exact) mass is 292 g/mol. The number of carbonyl (C=O) groups is 1. The van der Waals surface area contributed by atoms with Crippen LogP contribution in [0.4, 0.5) is 0 Å². The predicted molar refractivity (Wildman–Crippen MR) is 62.8 cm³/mol. The summed E-state index contributed by atoms with van der Waals surface area (Å²) in [5.74, 6) is -1.91. The summed E-state index contributed by atoms with van der Waals surface area (Å²) in [6.07, 6.45) is -6.76. The molecule has 0 amide bonds. The number of rotatable bonds is 5. The molecule has 1 aliphatic heterocycles. The molecular weight excluding hydrogens is 274 g/mol. The zero-order valence-corrected chi connectivity index (χ0v) is 11.0. The standard InChI is InChI=1S/C11H19NO8/c1-4(10(16)17)19-9-7(12-5(2)14)11(18)20-6(3-13)8(9)15/h4,6-9,11,13,15,18H,3H2,1-2H3,(H,12,14)(H,16,17)/p-1/t4-,6+,7+,8+,9+,11?/m0/s1. The van der Waals surface area contributed by atoms with Gasteiger partial charge >= 0.3 is 5.97 Å². The van der Waals surface area contributed by atoms with E-state index in [1.54, 1.807) is 0 Å². The number of aliphatic imine (C=N–C) groups is 1. The average Bonchev–Trinajstić information content (AvgIpc) is 2.36. The van der Waals surface area contributed by atoms with Crippen molar-refractivity contribution in [1.82, 2.24) is 0 Å². The fourth-order valence-electron chi connectivity index (χ4n) is 1.87. The van der Waals surface area contributed by atoms with Gasteiger partial charge in [-0.2, -0.15) is 0 Å². The maximum Gasteiger partial charge on any atom is 0.332 e. The second-order valence-electron chi connectivity index (χ2n) is 4.46. The lowest BCUT2D eigenvalue weighted by atomic mass is 9.97. The molecule has 0 bridgehead atoms. The first kappa shape index (κ1) is 16.8. The second kappa shape index (κ2) is 6.95. The summed E-state index contributed by atoms with van der Waals surface area (Å²) in [4.78, 5) is 14.4. The predicted octanol–water partition coefficient (Wildman–Crippen LogP) is -2.94. The van der Waals surface area contributed by atoms with Gasteiger partial charge in [0.1, 0.15) is 24.4 Å². The van der Waals surface area contributed by atoms with Crippen molar-refractivity contribution in [2.45, 2.75) is 50.6 Å². The number of hydrogen-bond donors (Lipinski definition) is 4. The number of hydrogen-bond acceptors (Lipinski definition) is 8. The summed E-state index contributed by atoms with van der Waals surface area (Å²) in [5, 5.41) is 48.6. The highest BCUT2D eigenvalue weighted by molar-refractivity contribution is 5.71. The number of aliphatic carboxylic acids is 1. The van der Waals surface area contributed by atoms with Gasteiger partial charge in [-0.25, -0.2) is 4.79 Å². The Labute approximate surface area is 115 Å². The van der Waals surface area contributed by atoms with Crippen LogP contribution in [0, 0.1) is 0 Å². The Morgan fingerprint density at radius 1 is 1.50 bits per heavy atom. The van der Waals surface area contributed by atoms with Crippen molar-refractivity contribution in [3.63, 3.8) is 0 Å². The maximum absolute atomic E-state index is 11.0. The van der Waals surface area contributed by atoms with Gasteiger partial charge in [-0.15, -0.1) is 0 Å². The van der Waals surface area contributed by atoms with Gasteiger partial charge in [0, 0.05) is 0 Å². The van der Waals surface area contributed by atoms with Crippen molar-refractivity contribution >= 4 is 11.9 Å². The lowest BCUT2D eigenvalue weighted by Crippen LogP contribution is -2.60. The Hall–Kier alpha value is -1.26. The Balaban J connectivity index is 2.99. The van der Waals surface area contributed by atoms with Crippen molar-refractivity contribution in [3.05, 3.63) is 0 Å². The van der Waals surface area contributed by atoms with E-state index in [0.717, 1.165) is 6.92 Å². The molecule has 0 saturated carbocycles. The number of aliphatic hydroxyl groups is 3. The molecule has 9 nitrogen and oxygen atoms in total. The van der Waals surface area contributed by atoms with Gasteiger partial charge in [0.15, 0.2) is 12.4 Å². The fraction of sp³-hybridized carbons (Fsp3) is 0.818. The molecule has 1 fully saturated rings. The normalized spacial score (nSPS) is 36.6. The van der Waals surface area contributed by atoms with Crippen LogP contribution in [-0.4, -0.2) is 75.6 Å². The molecular formula is C11H18NO8-. The number of carboxylic acids is 1. The molecule has 0 spiro atoms. The first-order chi connectivity index (χ1) is 9.27. The van der Waals surface area contributed by atoms with E-state index < -0.39 is 55.2 Å². The summed E-state index contributed by atoms with van der Waals surface area (Å²) in [6, 6.07) is -1.27. The summed E-state index contributed by atoms with van der Waals surface area (Å²) in [7, 11) is 0. The molecule has 4 N–H and O–H groups in total. The first-order valence-corrected chi connectivity index (χ1v) is 6.00. The quantitative estimate of drug-likeness (QED) is 0.310. The van der Waals surface area contributed by atoms with Crippen LogP contribution in [0.1, 0.15) is 13.8 Å². The van der Waals surface area contributed by atoms with Crippen LogP contribution in [0.25, 0.3) is 0 Å². The molecule has 0 radical (unpaired) electrons. The third kappa shape index (κ3) is 3.87. The highest BCUT2D eigenvalue weighted by Gasteiger charge is 2.46. The van der Waals surface area contributed by atoms with Crippen molar-refractivity contribution in [3.8, 4) is 0 Å². The minimum Gasteiger partial charge on any atom is -0.862 e. The molecule has 1 saturated heterocycles. The molecule has 0 aromatic rings. The Kier molecular flexibility index (Phi) is 5.84. The highest BCUT2D eigenvalue weighted by atomic mass is 16.6. The number of ether oxygens (including phenoxy) is 2. The number of aliphatic hydroxyl groups excluding tert-OH is 3. The molecule has 1 aliphatic rings. The third-order valence-electron chi connectivity index (χ3n) is 2.88. The van der Waals surface area contributed by atoms with Crippen LogP contribution in [0.5, 0.6) is 0 Å². The fourth-order valence-corrected chi connectivity index (χ4v) is 1.87. The SMILES string of the molecule is CC([O-])=N[C@H]1C(O)O[C@H](CO)[C@@H](O)[C@@H]1O[C@@H](C)C(=O)O. The zero-order chi connectivity index (χ0) is 15.4. The van der Waals surface area contributed by atoms with E-state index in [-0.39, 0.29) is 0 Å². The number of carboxylic acid groups (broad SMARTS) is 1. The lowest BCUT2D eigenvalue weighted by Gasteiger charge is -2.41. The van der Waals surface area contributed by atoms with Crippen LogP contribution in [-0.2, 0) is 14.3 Å². The van der Waals surface area contributed by atoms with E-state index in [4.69, 9.17) is 19.7 Å². The summed E-state index contributed by atoms with van der Waals surface area (Å²) < 4.78 is 10.1. The van der Waals surface area contributed by atoms with E-state index in [1.807, 2.05) is 0 Å². The third-order valence-corrected chi connectivity index (χ3v) is 2.88. The van der Waals surface area contributed by atoms with E-state index in [1.165, 1.54) is 6.92 Å². The largest absolute Gasteiger partial charge is 0.862 e. The van der Waals surface area contributed by atoms with Gasteiger partial charge in [0.2, 0.25) is 0 Å². The molecule has 0 aliphatic carbocycles. The maximum atomic E-state index is 11.0. The van der Waals surface area contributed by atoms with Crippen LogP contribution >= 0.6 is 0 Å². The summed E-state index contributed by atoms with van der Waals surface area (Å²) >= 11 is 0. The van der Waals surface area contributed by atoms with Crippen molar-refractivity contribution in [1.29, 1.82) is 0 Å². The second-order valence-corrected chi connectivity index (χ2v) is 4.46. The average molecular weight is 292 g/mol. The highest BCUT2D eigenvalue weighted by Crippen LogP contribution is 2.25. The molecule has 0 aromatic heterocycles. The van der Waals surface area contributed by atoms with Crippen LogP contribution in [0.15, 0.2) is 4.99 Å². The van der Waals surface area contributed by atoms with Gasteiger partial charge in [-0.3, -0.25) is 4.99 Å². The smallest absolute Gasteiger partial charge is 0.332 e. The minimum atomic E-state index is -1.59. The zero-order valence-electron chi connectivity index (χ0n) is 11.0. The summed E-state index contributed by atoms with van der Waals surface area (Å²) in [5.41, 5.74) is 0. The Morgan fingerprint density at radius 2 is 2.10 bits per heavy atom. The van der Waals surface area contributed by atoms with Crippen molar-refractivity contribution in [2.75, 3.05) is 6.61 Å². The molecule has 1 unspecified atom stereocenters. The first-order valence-electron chi connectivity index (χ1n) is 6.00. The molecule has 20 heavy (non-hydrogen) atoms. The van der Waals surface area contributed by atoms with E-state index >= 15 is 0 Å². The Morgan fingerprint density at radius 3 is 2.55 bits per heavy atom. The van der Waals surface area contributed by atoms with E-state index in [0.29, 0.717) is 0 Å². The van der Waals surface area contributed by atoms with Gasteiger partial charge < -0.3 is 35.0 Å². The minimum absolute atomic E-state index is 0.605. The molecule has 1 heterocycles. The molecule has 6 atom stereocenters. The van der Waals surface area contributed by atoms with Gasteiger partial charge in [0.05, 0.1) is 6.61 Å². The van der Waals surface area contributed by atoms with Crippen molar-refractivity contribution in [2.24, 2.45) is 4.99 Å². The Bertz CT molecular complexity index is 369. The van der Waals surface area contributed by atoms with E-state index in [9.17, 15) is 20.1 Å².